The maximum atomic E-state index is 13.4. The van der Waals surface area contributed by atoms with Gasteiger partial charge < -0.3 is 19.0 Å². The van der Waals surface area contributed by atoms with Crippen LogP contribution in [-0.4, -0.2) is 36.1 Å². The van der Waals surface area contributed by atoms with Crippen molar-refractivity contribution in [3.05, 3.63) is 59.2 Å². The summed E-state index contributed by atoms with van der Waals surface area (Å²) in [7, 11) is 1.65. The van der Waals surface area contributed by atoms with Crippen molar-refractivity contribution in [3.8, 4) is 0 Å². The van der Waals surface area contributed by atoms with E-state index in [1.807, 2.05) is 24.3 Å². The van der Waals surface area contributed by atoms with Crippen LogP contribution in [0.2, 0.25) is 0 Å². The standard InChI is InChI=1S/C22H26N2O3/c1-15-8-9-20-19(13-15)17-6-3-7-18(21(17)23-20)22(25)24(10-12-26-2)14-16-5-4-11-27-16/h3-7,11,15,23H,8-10,12-14H2,1-2H3. The molecule has 0 saturated heterocycles. The van der Waals surface area contributed by atoms with Crippen LogP contribution in [0, 0.1) is 5.92 Å². The predicted octanol–water partition coefficient (Wildman–Crippen LogP) is 4.17. The van der Waals surface area contributed by atoms with E-state index in [0.29, 0.717) is 25.6 Å². The summed E-state index contributed by atoms with van der Waals surface area (Å²) in [5.41, 5.74) is 4.35. The number of carbonyl (C=O) groups is 1. The van der Waals surface area contributed by atoms with Gasteiger partial charge in [-0.05, 0) is 48.9 Å². The van der Waals surface area contributed by atoms with Crippen LogP contribution in [0.5, 0.6) is 0 Å². The van der Waals surface area contributed by atoms with E-state index in [-0.39, 0.29) is 5.91 Å². The molecule has 0 aliphatic heterocycles. The lowest BCUT2D eigenvalue weighted by Gasteiger charge is -2.21. The highest BCUT2D eigenvalue weighted by molar-refractivity contribution is 6.06. The van der Waals surface area contributed by atoms with Gasteiger partial charge in [-0.3, -0.25) is 4.79 Å². The Labute approximate surface area is 159 Å². The van der Waals surface area contributed by atoms with E-state index in [1.54, 1.807) is 18.3 Å². The second-order valence-corrected chi connectivity index (χ2v) is 7.46. The number of nitrogens with zero attached hydrogens (tertiary/aromatic N) is 1. The molecule has 5 nitrogen and oxygen atoms in total. The normalized spacial score (nSPS) is 16.4. The Morgan fingerprint density at radius 1 is 1.33 bits per heavy atom. The smallest absolute Gasteiger partial charge is 0.256 e. The monoisotopic (exact) mass is 366 g/mol. The van der Waals surface area contributed by atoms with Crippen LogP contribution < -0.4 is 0 Å². The van der Waals surface area contributed by atoms with Crippen molar-refractivity contribution in [1.29, 1.82) is 0 Å². The molecule has 0 fully saturated rings. The molecule has 1 unspecified atom stereocenters. The largest absolute Gasteiger partial charge is 0.467 e. The second kappa shape index (κ2) is 7.61. The lowest BCUT2D eigenvalue weighted by molar-refractivity contribution is 0.0668. The highest BCUT2D eigenvalue weighted by Crippen LogP contribution is 2.33. The quantitative estimate of drug-likeness (QED) is 0.712. The molecule has 4 rings (SSSR count). The molecule has 1 aliphatic rings. The van der Waals surface area contributed by atoms with Gasteiger partial charge in [-0.25, -0.2) is 0 Å². The Balaban J connectivity index is 1.69. The molecule has 1 atom stereocenters. The summed E-state index contributed by atoms with van der Waals surface area (Å²) in [6.45, 7) is 3.74. The molecule has 142 valence electrons. The van der Waals surface area contributed by atoms with Crippen molar-refractivity contribution in [1.82, 2.24) is 9.88 Å². The lowest BCUT2D eigenvalue weighted by atomic mass is 9.87. The fraction of sp³-hybridized carbons (Fsp3) is 0.409. The summed E-state index contributed by atoms with van der Waals surface area (Å²) in [4.78, 5) is 18.7. The minimum absolute atomic E-state index is 0.000644. The van der Waals surface area contributed by atoms with Crippen LogP contribution in [0.4, 0.5) is 0 Å². The Morgan fingerprint density at radius 2 is 2.22 bits per heavy atom. The highest BCUT2D eigenvalue weighted by Gasteiger charge is 2.24. The summed E-state index contributed by atoms with van der Waals surface area (Å²) in [6.07, 6.45) is 4.96. The summed E-state index contributed by atoms with van der Waals surface area (Å²) in [5.74, 6) is 1.46. The van der Waals surface area contributed by atoms with Gasteiger partial charge >= 0.3 is 0 Å². The van der Waals surface area contributed by atoms with Crippen molar-refractivity contribution in [3.63, 3.8) is 0 Å². The zero-order valence-electron chi connectivity index (χ0n) is 16.0. The maximum Gasteiger partial charge on any atom is 0.256 e. The van der Waals surface area contributed by atoms with Gasteiger partial charge in [0.1, 0.15) is 5.76 Å². The molecular weight excluding hydrogens is 340 g/mol. The first kappa shape index (κ1) is 17.9. The van der Waals surface area contributed by atoms with Gasteiger partial charge in [0.05, 0.1) is 30.5 Å². The zero-order valence-corrected chi connectivity index (χ0v) is 16.0. The van der Waals surface area contributed by atoms with Crippen LogP contribution >= 0.6 is 0 Å². The van der Waals surface area contributed by atoms with E-state index < -0.39 is 0 Å². The Hall–Kier alpha value is -2.53. The third-order valence-corrected chi connectivity index (χ3v) is 5.48. The summed E-state index contributed by atoms with van der Waals surface area (Å²) >= 11 is 0. The van der Waals surface area contributed by atoms with Gasteiger partial charge in [0.15, 0.2) is 0 Å². The van der Waals surface area contributed by atoms with E-state index in [9.17, 15) is 4.79 Å². The van der Waals surface area contributed by atoms with Crippen molar-refractivity contribution >= 4 is 16.8 Å². The molecule has 2 heterocycles. The molecule has 0 bridgehead atoms. The van der Waals surface area contributed by atoms with E-state index in [1.165, 1.54) is 23.1 Å². The molecular formula is C22H26N2O3. The number of rotatable bonds is 6. The first-order valence-electron chi connectivity index (χ1n) is 9.60. The van der Waals surface area contributed by atoms with E-state index in [0.717, 1.165) is 29.7 Å². The second-order valence-electron chi connectivity index (χ2n) is 7.46. The number of methoxy groups -OCH3 is 1. The van der Waals surface area contributed by atoms with Gasteiger partial charge in [0.25, 0.3) is 5.91 Å². The number of amides is 1. The van der Waals surface area contributed by atoms with E-state index in [2.05, 4.69) is 18.0 Å². The maximum absolute atomic E-state index is 13.4. The number of ether oxygens (including phenoxy) is 1. The number of fused-ring (bicyclic) bond motifs is 3. The van der Waals surface area contributed by atoms with Crippen molar-refractivity contribution in [2.24, 2.45) is 5.92 Å². The molecule has 27 heavy (non-hydrogen) atoms. The van der Waals surface area contributed by atoms with Crippen molar-refractivity contribution in [2.45, 2.75) is 32.7 Å². The number of hydrogen-bond acceptors (Lipinski definition) is 3. The fourth-order valence-electron chi connectivity index (χ4n) is 4.01. The summed E-state index contributed by atoms with van der Waals surface area (Å²) in [5, 5.41) is 1.19. The lowest BCUT2D eigenvalue weighted by Crippen LogP contribution is -2.33. The van der Waals surface area contributed by atoms with Crippen LogP contribution in [0.25, 0.3) is 10.9 Å². The number of hydrogen-bond donors (Lipinski definition) is 1. The molecule has 3 aromatic rings. The fourth-order valence-corrected chi connectivity index (χ4v) is 4.01. The average Bonchev–Trinajstić information content (AvgIpc) is 3.31. The SMILES string of the molecule is COCCN(Cc1ccco1)C(=O)c1cccc2c3c([nH]c12)CCC(C)C3. The number of aromatic nitrogens is 1. The molecule has 5 heteroatoms. The average molecular weight is 366 g/mol. The molecule has 0 spiro atoms. The molecule has 1 N–H and O–H groups in total. The van der Waals surface area contributed by atoms with Crippen molar-refractivity contribution < 1.29 is 13.9 Å². The zero-order chi connectivity index (χ0) is 18.8. The number of para-hydroxylation sites is 1. The van der Waals surface area contributed by atoms with Crippen LogP contribution in [0.3, 0.4) is 0 Å². The number of benzene rings is 1. The molecule has 1 amide bonds. The minimum Gasteiger partial charge on any atom is -0.467 e. The number of nitrogens with one attached hydrogen (secondary N) is 1. The van der Waals surface area contributed by atoms with Crippen molar-refractivity contribution in [2.75, 3.05) is 20.3 Å². The molecule has 0 radical (unpaired) electrons. The van der Waals surface area contributed by atoms with Crippen LogP contribution in [0.1, 0.15) is 40.7 Å². The van der Waals surface area contributed by atoms with Crippen LogP contribution in [0.15, 0.2) is 41.0 Å². The topological polar surface area (TPSA) is 58.5 Å². The molecule has 0 saturated carbocycles. The van der Waals surface area contributed by atoms with Gasteiger partial charge in [0, 0.05) is 24.7 Å². The molecule has 1 aromatic carbocycles. The Kier molecular flexibility index (Phi) is 5.03. The van der Waals surface area contributed by atoms with Gasteiger partial charge in [-0.1, -0.05) is 19.1 Å². The van der Waals surface area contributed by atoms with Gasteiger partial charge in [-0.2, -0.15) is 0 Å². The highest BCUT2D eigenvalue weighted by atomic mass is 16.5. The van der Waals surface area contributed by atoms with Gasteiger partial charge in [0.2, 0.25) is 0 Å². The van der Waals surface area contributed by atoms with E-state index in [4.69, 9.17) is 9.15 Å². The Bertz CT molecular complexity index is 927. The molecule has 1 aliphatic carbocycles. The summed E-state index contributed by atoms with van der Waals surface area (Å²) in [6, 6.07) is 9.77. The first-order valence-corrected chi connectivity index (χ1v) is 9.60. The summed E-state index contributed by atoms with van der Waals surface area (Å²) < 4.78 is 10.7. The number of aromatic amines is 1. The number of carbonyl (C=O) groups excluding carboxylic acids is 1. The van der Waals surface area contributed by atoms with E-state index >= 15 is 0 Å². The molecule has 2 aromatic heterocycles. The first-order chi connectivity index (χ1) is 13.2. The minimum atomic E-state index is 0.000644. The Morgan fingerprint density at radius 3 is 3.00 bits per heavy atom. The van der Waals surface area contributed by atoms with Crippen LogP contribution in [-0.2, 0) is 24.1 Å². The number of furan rings is 1. The van der Waals surface area contributed by atoms with Gasteiger partial charge in [-0.15, -0.1) is 0 Å². The predicted molar refractivity (Wildman–Crippen MR) is 105 cm³/mol. The third kappa shape index (κ3) is 3.52. The number of aryl methyl sites for hydroxylation is 1. The third-order valence-electron chi connectivity index (χ3n) is 5.48. The number of H-pyrrole nitrogens is 1.